The summed E-state index contributed by atoms with van der Waals surface area (Å²) < 4.78 is 91.4. The van der Waals surface area contributed by atoms with Gasteiger partial charge >= 0.3 is 15.6 Å². The van der Waals surface area contributed by atoms with Gasteiger partial charge in [0.25, 0.3) is 0 Å². The molecule has 0 bridgehead atoms. The third kappa shape index (κ3) is 8.10. The molecule has 5 atom stereocenters. The van der Waals surface area contributed by atoms with Crippen LogP contribution < -0.4 is 0 Å². The van der Waals surface area contributed by atoms with E-state index in [2.05, 4.69) is 4.18 Å². The lowest BCUT2D eigenvalue weighted by atomic mass is 9.98. The van der Waals surface area contributed by atoms with Crippen molar-refractivity contribution in [2.24, 2.45) is 0 Å². The second kappa shape index (κ2) is 13.7. The number of aliphatic hydroxyl groups is 1. The minimum Gasteiger partial charge on any atom is -0.374 e. The van der Waals surface area contributed by atoms with Crippen LogP contribution in [0.25, 0.3) is 0 Å². The molecule has 1 saturated heterocycles. The molecule has 3 aromatic carbocycles. The summed E-state index contributed by atoms with van der Waals surface area (Å²) in [7, 11) is -6.11. The van der Waals surface area contributed by atoms with Gasteiger partial charge < -0.3 is 24.1 Å². The molecule has 4 rings (SSSR count). The van der Waals surface area contributed by atoms with Gasteiger partial charge in [-0.15, -0.1) is 0 Å². The number of halogens is 3. The van der Waals surface area contributed by atoms with E-state index in [1.165, 1.54) is 0 Å². The van der Waals surface area contributed by atoms with Gasteiger partial charge in [0.15, 0.2) is 12.4 Å². The largest absolute Gasteiger partial charge is 0.523 e. The van der Waals surface area contributed by atoms with Crippen molar-refractivity contribution in [2.75, 3.05) is 6.61 Å². The summed E-state index contributed by atoms with van der Waals surface area (Å²) in [5.74, 6) is 0. The van der Waals surface area contributed by atoms with Crippen molar-refractivity contribution in [2.45, 2.75) is 56.0 Å². The Labute approximate surface area is 230 Å². The second-order valence-corrected chi connectivity index (χ2v) is 10.6. The van der Waals surface area contributed by atoms with Crippen LogP contribution in [-0.2, 0) is 53.1 Å². The number of hydrogen-bond acceptors (Lipinski definition) is 8. The lowest BCUT2D eigenvalue weighted by molar-refractivity contribution is -0.302. The first kappa shape index (κ1) is 30.1. The summed E-state index contributed by atoms with van der Waals surface area (Å²) in [6.07, 6.45) is -7.90. The molecule has 216 valence electrons. The molecule has 0 saturated carbocycles. The Kier molecular flexibility index (Phi) is 10.3. The first-order chi connectivity index (χ1) is 19.1. The molecule has 3 aromatic rings. The normalized spacial score (nSPS) is 23.6. The van der Waals surface area contributed by atoms with Crippen LogP contribution in [0, 0.1) is 0 Å². The maximum absolute atomic E-state index is 13.2. The summed E-state index contributed by atoms with van der Waals surface area (Å²) >= 11 is 0. The Hall–Kier alpha value is -2.84. The highest BCUT2D eigenvalue weighted by Crippen LogP contribution is 2.34. The molecule has 0 aromatic heterocycles. The van der Waals surface area contributed by atoms with Crippen LogP contribution in [0.5, 0.6) is 0 Å². The van der Waals surface area contributed by atoms with Crippen molar-refractivity contribution in [1.29, 1.82) is 0 Å². The van der Waals surface area contributed by atoms with E-state index in [4.69, 9.17) is 18.9 Å². The van der Waals surface area contributed by atoms with Gasteiger partial charge in [0, 0.05) is 0 Å². The van der Waals surface area contributed by atoms with Crippen LogP contribution in [-0.4, -0.2) is 56.3 Å². The van der Waals surface area contributed by atoms with E-state index >= 15 is 0 Å². The van der Waals surface area contributed by atoms with Gasteiger partial charge in [-0.05, 0) is 16.7 Å². The SMILES string of the molecule is O=S(=O)(O[C@@H]1[C@H](OCc2ccccc2)[C@@H](OCc2ccccc2)[C@H](COCc2ccccc2)O[C@H]1O)C(F)(F)F. The average Bonchev–Trinajstić information content (AvgIpc) is 2.94. The van der Waals surface area contributed by atoms with Crippen molar-refractivity contribution >= 4 is 10.1 Å². The minimum atomic E-state index is -6.11. The van der Waals surface area contributed by atoms with E-state index in [0.29, 0.717) is 5.56 Å². The van der Waals surface area contributed by atoms with Gasteiger partial charge in [-0.25, -0.2) is 0 Å². The van der Waals surface area contributed by atoms with Crippen LogP contribution in [0.3, 0.4) is 0 Å². The van der Waals surface area contributed by atoms with Crippen molar-refractivity contribution in [3.8, 4) is 0 Å². The molecule has 0 radical (unpaired) electrons. The topological polar surface area (TPSA) is 101 Å². The Morgan fingerprint density at radius 3 is 1.62 bits per heavy atom. The van der Waals surface area contributed by atoms with Crippen LogP contribution in [0.15, 0.2) is 91.0 Å². The molecular formula is C28H29F3O8S. The standard InChI is InChI=1S/C28H29F3O8S/c29-28(30,31)40(33,34)39-26-25(37-18-22-14-8-3-9-15-22)24(36-17-21-12-6-2-7-13-21)23(38-27(26)32)19-35-16-20-10-4-1-5-11-20/h1-15,23-27,32H,16-19H2/t23-,24-,25+,26+,27+/m0/s1. The summed E-state index contributed by atoms with van der Waals surface area (Å²) in [4.78, 5) is 0. The molecule has 0 amide bonds. The number of aliphatic hydroxyl groups excluding tert-OH is 1. The van der Waals surface area contributed by atoms with Gasteiger partial charge in [0.1, 0.15) is 18.3 Å². The van der Waals surface area contributed by atoms with Crippen LogP contribution >= 0.6 is 0 Å². The third-order valence-corrected chi connectivity index (χ3v) is 7.14. The highest BCUT2D eigenvalue weighted by atomic mass is 32.2. The van der Waals surface area contributed by atoms with E-state index in [1.807, 2.05) is 30.3 Å². The van der Waals surface area contributed by atoms with E-state index in [0.717, 1.165) is 11.1 Å². The highest BCUT2D eigenvalue weighted by Gasteiger charge is 2.55. The van der Waals surface area contributed by atoms with Gasteiger partial charge in [0.05, 0.1) is 26.4 Å². The van der Waals surface area contributed by atoms with Gasteiger partial charge in [-0.1, -0.05) is 91.0 Å². The van der Waals surface area contributed by atoms with E-state index in [1.54, 1.807) is 60.7 Å². The van der Waals surface area contributed by atoms with Crippen molar-refractivity contribution < 1.29 is 49.8 Å². The average molecular weight is 583 g/mol. The zero-order valence-electron chi connectivity index (χ0n) is 21.2. The van der Waals surface area contributed by atoms with Gasteiger partial charge in [-0.3, -0.25) is 4.18 Å². The molecule has 0 unspecified atom stereocenters. The number of rotatable bonds is 12. The second-order valence-electron chi connectivity index (χ2n) is 9.05. The van der Waals surface area contributed by atoms with E-state index in [-0.39, 0.29) is 26.4 Å². The zero-order chi connectivity index (χ0) is 28.6. The lowest BCUT2D eigenvalue weighted by Crippen LogP contribution is -2.62. The molecular weight excluding hydrogens is 553 g/mol. The number of hydrogen-bond donors (Lipinski definition) is 1. The molecule has 0 aliphatic carbocycles. The molecule has 1 aliphatic rings. The van der Waals surface area contributed by atoms with Crippen molar-refractivity contribution in [1.82, 2.24) is 0 Å². The van der Waals surface area contributed by atoms with Gasteiger partial charge in [-0.2, -0.15) is 21.6 Å². The lowest BCUT2D eigenvalue weighted by Gasteiger charge is -2.44. The molecule has 1 N–H and O–H groups in total. The first-order valence-electron chi connectivity index (χ1n) is 12.4. The molecule has 8 nitrogen and oxygen atoms in total. The maximum Gasteiger partial charge on any atom is 0.523 e. The monoisotopic (exact) mass is 582 g/mol. The minimum absolute atomic E-state index is 0.00984. The van der Waals surface area contributed by atoms with Crippen molar-refractivity contribution in [3.63, 3.8) is 0 Å². The van der Waals surface area contributed by atoms with Crippen LogP contribution in [0.2, 0.25) is 0 Å². The summed E-state index contributed by atoms with van der Waals surface area (Å²) in [5.41, 5.74) is -3.48. The third-order valence-electron chi connectivity index (χ3n) is 6.09. The number of alkyl halides is 3. The highest BCUT2D eigenvalue weighted by molar-refractivity contribution is 7.87. The Balaban J connectivity index is 1.61. The quantitative estimate of drug-likeness (QED) is 0.249. The molecule has 1 heterocycles. The smallest absolute Gasteiger partial charge is 0.374 e. The van der Waals surface area contributed by atoms with E-state index in [9.17, 15) is 26.7 Å². The Bertz CT molecular complexity index is 1280. The number of benzene rings is 3. The predicted octanol–water partition coefficient (Wildman–Crippen LogP) is 4.33. The Morgan fingerprint density at radius 1 is 0.700 bits per heavy atom. The molecule has 1 aliphatic heterocycles. The van der Waals surface area contributed by atoms with Crippen LogP contribution in [0.4, 0.5) is 13.2 Å². The summed E-state index contributed by atoms with van der Waals surface area (Å²) in [6.45, 7) is -0.105. The van der Waals surface area contributed by atoms with Gasteiger partial charge in [0.2, 0.25) is 0 Å². The predicted molar refractivity (Wildman–Crippen MR) is 137 cm³/mol. The van der Waals surface area contributed by atoms with Crippen LogP contribution in [0.1, 0.15) is 16.7 Å². The first-order valence-corrected chi connectivity index (χ1v) is 13.8. The fourth-order valence-electron chi connectivity index (χ4n) is 4.12. The fourth-order valence-corrected chi connectivity index (χ4v) is 4.73. The number of ether oxygens (including phenoxy) is 4. The Morgan fingerprint density at radius 2 is 1.15 bits per heavy atom. The molecule has 12 heteroatoms. The summed E-state index contributed by atoms with van der Waals surface area (Å²) in [6, 6.07) is 26.8. The maximum atomic E-state index is 13.2. The summed E-state index contributed by atoms with van der Waals surface area (Å²) in [5, 5.41) is 10.7. The zero-order valence-corrected chi connectivity index (χ0v) is 22.0. The van der Waals surface area contributed by atoms with E-state index < -0.39 is 46.3 Å². The molecule has 1 fully saturated rings. The molecule has 0 spiro atoms. The fraction of sp³-hybridized carbons (Fsp3) is 0.357. The molecule has 40 heavy (non-hydrogen) atoms. The van der Waals surface area contributed by atoms with Crippen molar-refractivity contribution in [3.05, 3.63) is 108 Å².